The number of benzene rings is 2. The van der Waals surface area contributed by atoms with Crippen molar-refractivity contribution in [2.45, 2.75) is 18.9 Å². The van der Waals surface area contributed by atoms with Crippen LogP contribution in [0.15, 0.2) is 48.5 Å². The third-order valence-corrected chi connectivity index (χ3v) is 4.88. The van der Waals surface area contributed by atoms with Crippen molar-refractivity contribution < 1.29 is 14.3 Å². The van der Waals surface area contributed by atoms with Gasteiger partial charge in [-0.2, -0.15) is 0 Å². The van der Waals surface area contributed by atoms with Gasteiger partial charge in [0, 0.05) is 6.54 Å². The quantitative estimate of drug-likeness (QED) is 0.829. The van der Waals surface area contributed by atoms with Crippen molar-refractivity contribution in [1.29, 1.82) is 0 Å². The number of nitrogens with zero attached hydrogens (tertiary/aromatic N) is 1. The highest BCUT2D eigenvalue weighted by molar-refractivity contribution is 5.99. The van der Waals surface area contributed by atoms with Gasteiger partial charge in [-0.1, -0.05) is 36.4 Å². The second kappa shape index (κ2) is 8.72. The number of carbonyl (C=O) groups is 1. The number of likely N-dealkylation sites (tertiary alicyclic amines) is 1. The highest BCUT2D eigenvalue weighted by Gasteiger charge is 2.25. The first kappa shape index (κ1) is 18.3. The SMILES string of the molecule is COc1cccc(OC)c1C(=O)NCC(c1ccccc1)N1CCCC1. The van der Waals surface area contributed by atoms with E-state index in [0.717, 1.165) is 13.1 Å². The maximum Gasteiger partial charge on any atom is 0.258 e. The molecule has 1 aliphatic rings. The van der Waals surface area contributed by atoms with Crippen LogP contribution in [0.2, 0.25) is 0 Å². The van der Waals surface area contributed by atoms with Gasteiger partial charge in [0.2, 0.25) is 0 Å². The Morgan fingerprint density at radius 3 is 2.19 bits per heavy atom. The van der Waals surface area contributed by atoms with E-state index in [2.05, 4.69) is 22.3 Å². The maximum absolute atomic E-state index is 12.9. The topological polar surface area (TPSA) is 50.8 Å². The van der Waals surface area contributed by atoms with Crippen LogP contribution < -0.4 is 14.8 Å². The number of rotatable bonds is 7. The molecule has 1 N–H and O–H groups in total. The Kier molecular flexibility index (Phi) is 6.12. The zero-order valence-corrected chi connectivity index (χ0v) is 15.4. The fourth-order valence-electron chi connectivity index (χ4n) is 3.54. The summed E-state index contributed by atoms with van der Waals surface area (Å²) in [5, 5.41) is 3.08. The van der Waals surface area contributed by atoms with E-state index in [-0.39, 0.29) is 11.9 Å². The Balaban J connectivity index is 1.78. The molecule has 1 unspecified atom stereocenters. The average Bonchev–Trinajstić information content (AvgIpc) is 3.22. The number of hydrogen-bond donors (Lipinski definition) is 1. The van der Waals surface area contributed by atoms with Gasteiger partial charge in [-0.05, 0) is 43.6 Å². The standard InChI is InChI=1S/C21H26N2O3/c1-25-18-11-8-12-19(26-2)20(18)21(24)22-15-17(23-13-6-7-14-23)16-9-4-3-5-10-16/h3-5,8-12,17H,6-7,13-15H2,1-2H3,(H,22,24). The first-order valence-electron chi connectivity index (χ1n) is 9.02. The van der Waals surface area contributed by atoms with Crippen molar-refractivity contribution in [1.82, 2.24) is 10.2 Å². The van der Waals surface area contributed by atoms with E-state index in [1.807, 2.05) is 24.3 Å². The third-order valence-electron chi connectivity index (χ3n) is 4.88. The third kappa shape index (κ3) is 3.99. The molecule has 0 spiro atoms. The number of ether oxygens (including phenoxy) is 2. The molecule has 1 heterocycles. The minimum atomic E-state index is -0.181. The van der Waals surface area contributed by atoms with Crippen LogP contribution in [0.25, 0.3) is 0 Å². The zero-order chi connectivity index (χ0) is 18.4. The Morgan fingerprint density at radius 2 is 1.62 bits per heavy atom. The molecule has 1 fully saturated rings. The molecule has 1 aliphatic heterocycles. The molecular formula is C21H26N2O3. The normalized spacial score (nSPS) is 15.5. The van der Waals surface area contributed by atoms with Crippen LogP contribution in [0.3, 0.4) is 0 Å². The van der Waals surface area contributed by atoms with Crippen molar-refractivity contribution >= 4 is 5.91 Å². The highest BCUT2D eigenvalue weighted by atomic mass is 16.5. The average molecular weight is 354 g/mol. The molecule has 0 radical (unpaired) electrons. The molecule has 1 atom stereocenters. The molecule has 5 heteroatoms. The summed E-state index contributed by atoms with van der Waals surface area (Å²) in [6.45, 7) is 2.67. The van der Waals surface area contributed by atoms with Gasteiger partial charge in [-0.3, -0.25) is 9.69 Å². The van der Waals surface area contributed by atoms with E-state index in [9.17, 15) is 4.79 Å². The minimum Gasteiger partial charge on any atom is -0.496 e. The molecule has 3 rings (SSSR count). The van der Waals surface area contributed by atoms with E-state index in [4.69, 9.17) is 9.47 Å². The Bertz CT molecular complexity index is 705. The fraction of sp³-hybridized carbons (Fsp3) is 0.381. The van der Waals surface area contributed by atoms with Crippen LogP contribution in [0.5, 0.6) is 11.5 Å². The number of nitrogens with one attached hydrogen (secondary N) is 1. The van der Waals surface area contributed by atoms with Crippen molar-refractivity contribution in [3.63, 3.8) is 0 Å². The van der Waals surface area contributed by atoms with E-state index in [1.165, 1.54) is 18.4 Å². The molecule has 2 aromatic carbocycles. The largest absolute Gasteiger partial charge is 0.496 e. The van der Waals surface area contributed by atoms with Crippen molar-refractivity contribution in [3.8, 4) is 11.5 Å². The van der Waals surface area contributed by atoms with Crippen LogP contribution in [0.1, 0.15) is 34.8 Å². The van der Waals surface area contributed by atoms with E-state index >= 15 is 0 Å². The Labute approximate surface area is 154 Å². The lowest BCUT2D eigenvalue weighted by Gasteiger charge is -2.28. The summed E-state index contributed by atoms with van der Waals surface area (Å²) >= 11 is 0. The first-order valence-corrected chi connectivity index (χ1v) is 9.02. The second-order valence-corrected chi connectivity index (χ2v) is 6.42. The van der Waals surface area contributed by atoms with E-state index < -0.39 is 0 Å². The molecule has 0 bridgehead atoms. The monoisotopic (exact) mass is 354 g/mol. The maximum atomic E-state index is 12.9. The van der Waals surface area contributed by atoms with E-state index in [0.29, 0.717) is 23.6 Å². The molecule has 2 aromatic rings. The number of amides is 1. The number of carbonyl (C=O) groups excluding carboxylic acids is 1. The summed E-state index contributed by atoms with van der Waals surface area (Å²) in [6, 6.07) is 15.9. The van der Waals surface area contributed by atoms with Gasteiger partial charge in [0.25, 0.3) is 5.91 Å². The van der Waals surface area contributed by atoms with Crippen LogP contribution >= 0.6 is 0 Å². The van der Waals surface area contributed by atoms with Gasteiger partial charge in [0.15, 0.2) is 0 Å². The van der Waals surface area contributed by atoms with Crippen molar-refractivity contribution in [2.24, 2.45) is 0 Å². The lowest BCUT2D eigenvalue weighted by Crippen LogP contribution is -2.37. The first-order chi connectivity index (χ1) is 12.7. The Morgan fingerprint density at radius 1 is 1.00 bits per heavy atom. The summed E-state index contributed by atoms with van der Waals surface area (Å²) in [6.07, 6.45) is 2.41. The highest BCUT2D eigenvalue weighted by Crippen LogP contribution is 2.29. The van der Waals surface area contributed by atoms with Crippen molar-refractivity contribution in [2.75, 3.05) is 33.9 Å². The fourth-order valence-corrected chi connectivity index (χ4v) is 3.54. The smallest absolute Gasteiger partial charge is 0.258 e. The van der Waals surface area contributed by atoms with Gasteiger partial charge in [0.05, 0.1) is 20.3 Å². The minimum absolute atomic E-state index is 0.170. The molecule has 1 saturated heterocycles. The molecular weight excluding hydrogens is 328 g/mol. The summed E-state index contributed by atoms with van der Waals surface area (Å²) in [4.78, 5) is 15.3. The van der Waals surface area contributed by atoms with Gasteiger partial charge < -0.3 is 14.8 Å². The molecule has 0 aliphatic carbocycles. The van der Waals surface area contributed by atoms with Crippen LogP contribution in [-0.4, -0.2) is 44.7 Å². The molecule has 26 heavy (non-hydrogen) atoms. The zero-order valence-electron chi connectivity index (χ0n) is 15.4. The molecule has 1 amide bonds. The summed E-state index contributed by atoms with van der Waals surface area (Å²) in [7, 11) is 3.12. The lowest BCUT2D eigenvalue weighted by atomic mass is 10.1. The molecule has 0 aromatic heterocycles. The molecule has 138 valence electrons. The molecule has 0 saturated carbocycles. The van der Waals surface area contributed by atoms with Gasteiger partial charge in [0.1, 0.15) is 17.1 Å². The summed E-state index contributed by atoms with van der Waals surface area (Å²) < 4.78 is 10.7. The van der Waals surface area contributed by atoms with Crippen LogP contribution in [-0.2, 0) is 0 Å². The summed E-state index contributed by atoms with van der Waals surface area (Å²) in [5.41, 5.74) is 1.66. The predicted molar refractivity (Wildman–Crippen MR) is 102 cm³/mol. The number of methoxy groups -OCH3 is 2. The van der Waals surface area contributed by atoms with Crippen LogP contribution in [0, 0.1) is 0 Å². The van der Waals surface area contributed by atoms with Gasteiger partial charge >= 0.3 is 0 Å². The van der Waals surface area contributed by atoms with Crippen molar-refractivity contribution in [3.05, 3.63) is 59.7 Å². The van der Waals surface area contributed by atoms with Gasteiger partial charge in [-0.15, -0.1) is 0 Å². The lowest BCUT2D eigenvalue weighted by molar-refractivity contribution is 0.0931. The molecule has 5 nitrogen and oxygen atoms in total. The number of hydrogen-bond acceptors (Lipinski definition) is 4. The summed E-state index contributed by atoms with van der Waals surface area (Å²) in [5.74, 6) is 0.845. The van der Waals surface area contributed by atoms with E-state index in [1.54, 1.807) is 26.4 Å². The van der Waals surface area contributed by atoms with Gasteiger partial charge in [-0.25, -0.2) is 0 Å². The van der Waals surface area contributed by atoms with Crippen LogP contribution in [0.4, 0.5) is 0 Å². The predicted octanol–water partition coefficient (Wildman–Crippen LogP) is 3.27. The second-order valence-electron chi connectivity index (χ2n) is 6.42. The Hall–Kier alpha value is -2.53.